The summed E-state index contributed by atoms with van der Waals surface area (Å²) in [5.74, 6) is 0. The number of aldehydes is 1. The molecule has 0 fully saturated rings. The van der Waals surface area contributed by atoms with Gasteiger partial charge in [0.1, 0.15) is 5.69 Å². The van der Waals surface area contributed by atoms with Gasteiger partial charge in [0.25, 0.3) is 0 Å². The summed E-state index contributed by atoms with van der Waals surface area (Å²) in [6.07, 6.45) is 5.20. The van der Waals surface area contributed by atoms with Crippen molar-refractivity contribution in [3.63, 3.8) is 0 Å². The minimum atomic E-state index is 0.0344. The highest BCUT2D eigenvalue weighted by Gasteiger charge is 2.09. The molecule has 2 aromatic heterocycles. The molecule has 1 atom stereocenters. The number of halogens is 2. The lowest BCUT2D eigenvalue weighted by Crippen LogP contribution is -2.02. The molecule has 248 valence electrons. The minimum absolute atomic E-state index is 0.0344. The van der Waals surface area contributed by atoms with E-state index < -0.39 is 0 Å². The molecule has 5 nitrogen and oxygen atoms in total. The first-order chi connectivity index (χ1) is 23.7. The Kier molecular flexibility index (Phi) is 12.3. The summed E-state index contributed by atoms with van der Waals surface area (Å²) in [6.45, 7) is 8.86. The van der Waals surface area contributed by atoms with E-state index in [2.05, 4.69) is 64.7 Å². The molecule has 0 saturated heterocycles. The Morgan fingerprint density at radius 1 is 0.694 bits per heavy atom. The molecule has 0 aliphatic carbocycles. The third-order valence-electron chi connectivity index (χ3n) is 8.14. The molecular formula is C42H39Cl2N3O2. The van der Waals surface area contributed by atoms with Crippen LogP contribution in [0.4, 0.5) is 11.4 Å². The van der Waals surface area contributed by atoms with Crippen molar-refractivity contribution in [2.24, 2.45) is 0 Å². The average Bonchev–Trinajstić information content (AvgIpc) is 3.11. The Hall–Kier alpha value is -4.81. The van der Waals surface area contributed by atoms with Crippen LogP contribution in [0, 0.1) is 13.8 Å². The number of nitrogens with one attached hydrogen (secondary N) is 1. The SMILES string of the molecule is CCOC(C)c1ccc(Cc2ccc(-c3c(C)cccc3Cl)cc2)cn1.Cc1cccc(Cl)c1-c1ccc(Nc2ccc(C=O)nc2)cc1. The van der Waals surface area contributed by atoms with Gasteiger partial charge in [-0.15, -0.1) is 0 Å². The van der Waals surface area contributed by atoms with Gasteiger partial charge in [-0.2, -0.15) is 0 Å². The van der Waals surface area contributed by atoms with E-state index in [0.717, 1.165) is 67.6 Å². The van der Waals surface area contributed by atoms with E-state index in [4.69, 9.17) is 27.9 Å². The van der Waals surface area contributed by atoms with Crippen LogP contribution in [0.3, 0.4) is 0 Å². The van der Waals surface area contributed by atoms with Crippen molar-refractivity contribution in [1.82, 2.24) is 9.97 Å². The molecule has 7 heteroatoms. The van der Waals surface area contributed by atoms with Crippen molar-refractivity contribution in [2.75, 3.05) is 11.9 Å². The molecule has 0 aliphatic heterocycles. The number of hydrogen-bond donors (Lipinski definition) is 1. The summed E-state index contributed by atoms with van der Waals surface area (Å²) < 4.78 is 5.59. The number of carbonyl (C=O) groups excluding carboxylic acids is 1. The van der Waals surface area contributed by atoms with Crippen LogP contribution in [0.25, 0.3) is 22.3 Å². The van der Waals surface area contributed by atoms with E-state index in [1.807, 2.05) is 87.6 Å². The summed E-state index contributed by atoms with van der Waals surface area (Å²) >= 11 is 12.7. The van der Waals surface area contributed by atoms with Gasteiger partial charge in [-0.1, -0.05) is 89.9 Å². The lowest BCUT2D eigenvalue weighted by molar-refractivity contribution is 0.0733. The zero-order valence-corrected chi connectivity index (χ0v) is 29.6. The van der Waals surface area contributed by atoms with Crippen molar-refractivity contribution >= 4 is 40.9 Å². The van der Waals surface area contributed by atoms with Crippen LogP contribution in [-0.2, 0) is 11.2 Å². The first kappa shape index (κ1) is 35.5. The third-order valence-corrected chi connectivity index (χ3v) is 8.77. The number of pyridine rings is 2. The zero-order valence-electron chi connectivity index (χ0n) is 28.1. The lowest BCUT2D eigenvalue weighted by Gasteiger charge is -2.12. The average molecular weight is 689 g/mol. The molecule has 0 radical (unpaired) electrons. The number of ether oxygens (including phenoxy) is 1. The van der Waals surface area contributed by atoms with Crippen molar-refractivity contribution in [3.05, 3.63) is 165 Å². The molecule has 6 rings (SSSR count). The molecule has 0 aliphatic rings. The topological polar surface area (TPSA) is 64.1 Å². The molecule has 4 aromatic carbocycles. The van der Waals surface area contributed by atoms with Crippen LogP contribution in [0.15, 0.2) is 122 Å². The summed E-state index contributed by atoms with van der Waals surface area (Å²) in [4.78, 5) is 19.2. The summed E-state index contributed by atoms with van der Waals surface area (Å²) in [7, 11) is 0. The number of aryl methyl sites for hydroxylation is 2. The van der Waals surface area contributed by atoms with Crippen LogP contribution in [0.1, 0.15) is 58.4 Å². The number of hydrogen-bond acceptors (Lipinski definition) is 5. The minimum Gasteiger partial charge on any atom is -0.373 e. The zero-order chi connectivity index (χ0) is 34.8. The Labute approximate surface area is 299 Å². The number of rotatable bonds is 10. The van der Waals surface area contributed by atoms with Crippen LogP contribution in [0.5, 0.6) is 0 Å². The first-order valence-electron chi connectivity index (χ1n) is 16.2. The maximum Gasteiger partial charge on any atom is 0.168 e. The van der Waals surface area contributed by atoms with Gasteiger partial charge < -0.3 is 10.1 Å². The van der Waals surface area contributed by atoms with E-state index in [9.17, 15) is 4.79 Å². The second-order valence-electron chi connectivity index (χ2n) is 11.7. The van der Waals surface area contributed by atoms with Crippen LogP contribution < -0.4 is 5.32 Å². The smallest absolute Gasteiger partial charge is 0.168 e. The highest BCUT2D eigenvalue weighted by atomic mass is 35.5. The molecule has 0 bridgehead atoms. The van der Waals surface area contributed by atoms with Crippen molar-refractivity contribution in [1.29, 1.82) is 0 Å². The molecule has 0 spiro atoms. The highest BCUT2D eigenvalue weighted by molar-refractivity contribution is 6.33. The largest absolute Gasteiger partial charge is 0.373 e. The van der Waals surface area contributed by atoms with Gasteiger partial charge in [-0.05, 0) is 110 Å². The van der Waals surface area contributed by atoms with Gasteiger partial charge >= 0.3 is 0 Å². The van der Waals surface area contributed by atoms with E-state index in [0.29, 0.717) is 12.3 Å². The Bertz CT molecular complexity index is 1940. The number of carbonyl (C=O) groups is 1. The van der Waals surface area contributed by atoms with Crippen molar-refractivity contribution in [2.45, 2.75) is 40.2 Å². The van der Waals surface area contributed by atoms with Crippen LogP contribution in [-0.4, -0.2) is 22.9 Å². The summed E-state index contributed by atoms with van der Waals surface area (Å²) in [6, 6.07) is 36.2. The van der Waals surface area contributed by atoms with Gasteiger partial charge in [-0.3, -0.25) is 14.8 Å². The molecular weight excluding hydrogens is 649 g/mol. The maximum atomic E-state index is 10.6. The lowest BCUT2D eigenvalue weighted by atomic mass is 9.98. The maximum absolute atomic E-state index is 10.6. The standard InChI is InChI=1S/C23H24ClNO.C19H15ClN2O/c1-4-26-17(3)22-13-10-19(15-25-22)14-18-8-11-20(12-9-18)23-16(2)6-5-7-21(23)24;1-13-3-2-4-18(20)19(13)14-5-7-15(8-6-14)22-16-9-10-17(12-23)21-11-16/h5-13,15,17H,4,14H2,1-3H3;2-12,22H,1H3. The second kappa shape index (κ2) is 17.0. The van der Waals surface area contributed by atoms with Gasteiger partial charge in [0.2, 0.25) is 0 Å². The summed E-state index contributed by atoms with van der Waals surface area (Å²) in [5.41, 5.74) is 12.3. The fourth-order valence-electron chi connectivity index (χ4n) is 5.57. The first-order valence-corrected chi connectivity index (χ1v) is 17.0. The monoisotopic (exact) mass is 687 g/mol. The molecule has 1 N–H and O–H groups in total. The number of aromatic nitrogens is 2. The molecule has 1 unspecified atom stereocenters. The Morgan fingerprint density at radius 2 is 1.27 bits per heavy atom. The van der Waals surface area contributed by atoms with Crippen LogP contribution in [0.2, 0.25) is 10.0 Å². The van der Waals surface area contributed by atoms with E-state index in [1.165, 1.54) is 16.7 Å². The quantitative estimate of drug-likeness (QED) is 0.145. The normalized spacial score (nSPS) is 11.3. The third kappa shape index (κ3) is 9.42. The van der Waals surface area contributed by atoms with Gasteiger partial charge in [0.15, 0.2) is 6.29 Å². The number of nitrogens with zero attached hydrogens (tertiary/aromatic N) is 2. The van der Waals surface area contributed by atoms with E-state index in [-0.39, 0.29) is 6.10 Å². The van der Waals surface area contributed by atoms with Gasteiger partial charge in [0, 0.05) is 39.7 Å². The molecule has 49 heavy (non-hydrogen) atoms. The van der Waals surface area contributed by atoms with E-state index >= 15 is 0 Å². The van der Waals surface area contributed by atoms with Crippen LogP contribution >= 0.6 is 23.2 Å². The molecule has 2 heterocycles. The second-order valence-corrected chi connectivity index (χ2v) is 12.5. The van der Waals surface area contributed by atoms with Gasteiger partial charge in [0.05, 0.1) is 23.7 Å². The summed E-state index contributed by atoms with van der Waals surface area (Å²) in [5, 5.41) is 4.79. The predicted molar refractivity (Wildman–Crippen MR) is 203 cm³/mol. The molecule has 6 aromatic rings. The number of anilines is 2. The fraction of sp³-hybridized carbons (Fsp3) is 0.167. The van der Waals surface area contributed by atoms with Gasteiger partial charge in [-0.25, -0.2) is 0 Å². The highest BCUT2D eigenvalue weighted by Crippen LogP contribution is 2.33. The van der Waals surface area contributed by atoms with E-state index in [1.54, 1.807) is 12.3 Å². The Morgan fingerprint density at radius 3 is 1.76 bits per heavy atom. The molecule has 0 saturated carbocycles. The number of benzene rings is 4. The predicted octanol–water partition coefficient (Wildman–Crippen LogP) is 11.7. The van der Waals surface area contributed by atoms with Crippen molar-refractivity contribution in [3.8, 4) is 22.3 Å². The van der Waals surface area contributed by atoms with Crippen molar-refractivity contribution < 1.29 is 9.53 Å². The molecule has 0 amide bonds. The Balaban J connectivity index is 0.000000192. The fourth-order valence-corrected chi connectivity index (χ4v) is 6.23.